The first-order valence-electron chi connectivity index (χ1n) is 6.06. The van der Waals surface area contributed by atoms with Gasteiger partial charge in [0.15, 0.2) is 0 Å². The SMILES string of the molecule is FC(F)(F)C(NCc1ccc(Cl)cc1)c1ccccc1. The summed E-state index contributed by atoms with van der Waals surface area (Å²) in [5.74, 6) is 0. The van der Waals surface area contributed by atoms with Crippen LogP contribution in [0.2, 0.25) is 5.02 Å². The fraction of sp³-hybridized carbons (Fsp3) is 0.200. The van der Waals surface area contributed by atoms with E-state index >= 15 is 0 Å². The number of hydrogen-bond acceptors (Lipinski definition) is 1. The fourth-order valence-corrected chi connectivity index (χ4v) is 2.02. The smallest absolute Gasteiger partial charge is 0.298 e. The van der Waals surface area contributed by atoms with E-state index in [1.54, 1.807) is 42.5 Å². The number of rotatable bonds is 4. The van der Waals surface area contributed by atoms with Crippen molar-refractivity contribution >= 4 is 11.6 Å². The molecule has 0 saturated heterocycles. The highest BCUT2D eigenvalue weighted by Gasteiger charge is 2.40. The van der Waals surface area contributed by atoms with Gasteiger partial charge in [-0.05, 0) is 23.3 Å². The summed E-state index contributed by atoms with van der Waals surface area (Å²) in [5, 5.41) is 3.10. The summed E-state index contributed by atoms with van der Waals surface area (Å²) in [7, 11) is 0. The lowest BCUT2D eigenvalue weighted by molar-refractivity contribution is -0.158. The Labute approximate surface area is 120 Å². The predicted molar refractivity (Wildman–Crippen MR) is 73.5 cm³/mol. The van der Waals surface area contributed by atoms with Gasteiger partial charge in [-0.2, -0.15) is 13.2 Å². The maximum Gasteiger partial charge on any atom is 0.407 e. The van der Waals surface area contributed by atoms with Gasteiger partial charge in [0.25, 0.3) is 0 Å². The minimum absolute atomic E-state index is 0.121. The molecule has 0 aliphatic carbocycles. The quantitative estimate of drug-likeness (QED) is 0.860. The summed E-state index contributed by atoms with van der Waals surface area (Å²) in [6, 6.07) is 12.8. The molecule has 2 aromatic rings. The molecular weight excluding hydrogens is 287 g/mol. The normalized spacial score (nSPS) is 13.2. The Bertz CT molecular complexity index is 537. The van der Waals surface area contributed by atoms with Crippen LogP contribution in [-0.4, -0.2) is 6.18 Å². The summed E-state index contributed by atoms with van der Waals surface area (Å²) in [6.07, 6.45) is -4.34. The van der Waals surface area contributed by atoms with Crippen LogP contribution in [0.25, 0.3) is 0 Å². The van der Waals surface area contributed by atoms with Gasteiger partial charge in [-0.3, -0.25) is 5.32 Å². The highest BCUT2D eigenvalue weighted by molar-refractivity contribution is 6.30. The predicted octanol–water partition coefficient (Wildman–Crippen LogP) is 4.73. The Morgan fingerprint density at radius 1 is 0.950 bits per heavy atom. The van der Waals surface area contributed by atoms with E-state index in [2.05, 4.69) is 5.32 Å². The molecule has 0 amide bonds. The molecule has 0 spiro atoms. The van der Waals surface area contributed by atoms with Gasteiger partial charge >= 0.3 is 6.18 Å². The molecule has 1 nitrogen and oxygen atoms in total. The molecule has 2 rings (SSSR count). The second-order valence-corrected chi connectivity index (χ2v) is 4.83. The second kappa shape index (κ2) is 6.29. The van der Waals surface area contributed by atoms with Gasteiger partial charge in [-0.15, -0.1) is 0 Å². The van der Waals surface area contributed by atoms with Gasteiger partial charge < -0.3 is 0 Å². The molecule has 1 N–H and O–H groups in total. The molecule has 0 radical (unpaired) electrons. The Morgan fingerprint density at radius 2 is 1.55 bits per heavy atom. The molecule has 2 aromatic carbocycles. The Kier molecular flexibility index (Phi) is 4.68. The van der Waals surface area contributed by atoms with Crippen LogP contribution < -0.4 is 5.32 Å². The maximum atomic E-state index is 13.1. The Hall–Kier alpha value is -1.52. The van der Waals surface area contributed by atoms with Crippen molar-refractivity contribution in [3.63, 3.8) is 0 Å². The van der Waals surface area contributed by atoms with E-state index in [1.165, 1.54) is 12.1 Å². The Morgan fingerprint density at radius 3 is 2.10 bits per heavy atom. The lowest BCUT2D eigenvalue weighted by Gasteiger charge is -2.22. The Balaban J connectivity index is 2.11. The van der Waals surface area contributed by atoms with Gasteiger partial charge in [-0.1, -0.05) is 54.1 Å². The molecule has 0 aliphatic heterocycles. The number of alkyl halides is 3. The molecular formula is C15H13ClF3N. The first-order chi connectivity index (χ1) is 9.47. The maximum absolute atomic E-state index is 13.1. The van der Waals surface area contributed by atoms with Crippen LogP contribution in [0.1, 0.15) is 17.2 Å². The molecule has 0 fully saturated rings. The van der Waals surface area contributed by atoms with Crippen LogP contribution in [0, 0.1) is 0 Å². The van der Waals surface area contributed by atoms with E-state index in [-0.39, 0.29) is 12.1 Å². The third kappa shape index (κ3) is 3.99. The zero-order valence-corrected chi connectivity index (χ0v) is 11.2. The monoisotopic (exact) mass is 299 g/mol. The number of benzene rings is 2. The van der Waals surface area contributed by atoms with Crippen molar-refractivity contribution in [2.24, 2.45) is 0 Å². The van der Waals surface area contributed by atoms with Crippen molar-refractivity contribution in [1.29, 1.82) is 0 Å². The van der Waals surface area contributed by atoms with Crippen LogP contribution in [0.5, 0.6) is 0 Å². The third-order valence-electron chi connectivity index (χ3n) is 2.88. The van der Waals surface area contributed by atoms with Crippen molar-refractivity contribution in [2.45, 2.75) is 18.8 Å². The molecule has 1 atom stereocenters. The van der Waals surface area contributed by atoms with Gasteiger partial charge in [-0.25, -0.2) is 0 Å². The van der Waals surface area contributed by atoms with Gasteiger partial charge in [0, 0.05) is 11.6 Å². The largest absolute Gasteiger partial charge is 0.407 e. The van der Waals surface area contributed by atoms with E-state index in [0.29, 0.717) is 5.02 Å². The first-order valence-corrected chi connectivity index (χ1v) is 6.44. The highest BCUT2D eigenvalue weighted by atomic mass is 35.5. The molecule has 1 unspecified atom stereocenters. The molecule has 0 heterocycles. The lowest BCUT2D eigenvalue weighted by atomic mass is 10.1. The summed E-state index contributed by atoms with van der Waals surface area (Å²) in [5.41, 5.74) is 0.952. The molecule has 0 aliphatic rings. The highest BCUT2D eigenvalue weighted by Crippen LogP contribution is 2.32. The molecule has 0 aromatic heterocycles. The van der Waals surface area contributed by atoms with Gasteiger partial charge in [0.1, 0.15) is 6.04 Å². The molecule has 5 heteroatoms. The average Bonchev–Trinajstić information content (AvgIpc) is 2.41. The second-order valence-electron chi connectivity index (χ2n) is 4.39. The minimum atomic E-state index is -4.34. The zero-order chi connectivity index (χ0) is 14.6. The van der Waals surface area contributed by atoms with Crippen LogP contribution in [0.15, 0.2) is 54.6 Å². The van der Waals surface area contributed by atoms with Crippen molar-refractivity contribution in [3.05, 3.63) is 70.7 Å². The number of halogens is 4. The van der Waals surface area contributed by atoms with Crippen LogP contribution in [0.4, 0.5) is 13.2 Å². The fourth-order valence-electron chi connectivity index (χ4n) is 1.89. The summed E-state index contributed by atoms with van der Waals surface area (Å²) < 4.78 is 39.3. The average molecular weight is 300 g/mol. The van der Waals surface area contributed by atoms with Crippen molar-refractivity contribution < 1.29 is 13.2 Å². The van der Waals surface area contributed by atoms with Gasteiger partial charge in [0.05, 0.1) is 0 Å². The van der Waals surface area contributed by atoms with E-state index in [0.717, 1.165) is 5.56 Å². The molecule has 106 valence electrons. The van der Waals surface area contributed by atoms with E-state index in [9.17, 15) is 13.2 Å². The lowest BCUT2D eigenvalue weighted by Crippen LogP contribution is -2.33. The summed E-state index contributed by atoms with van der Waals surface area (Å²) in [6.45, 7) is 0.121. The molecule has 20 heavy (non-hydrogen) atoms. The van der Waals surface area contributed by atoms with Crippen LogP contribution in [0.3, 0.4) is 0 Å². The van der Waals surface area contributed by atoms with Crippen LogP contribution >= 0.6 is 11.6 Å². The topological polar surface area (TPSA) is 12.0 Å². The summed E-state index contributed by atoms with van der Waals surface area (Å²) >= 11 is 5.74. The number of nitrogens with one attached hydrogen (secondary N) is 1. The van der Waals surface area contributed by atoms with E-state index < -0.39 is 12.2 Å². The minimum Gasteiger partial charge on any atom is -0.298 e. The van der Waals surface area contributed by atoms with E-state index in [4.69, 9.17) is 11.6 Å². The van der Waals surface area contributed by atoms with Crippen molar-refractivity contribution in [3.8, 4) is 0 Å². The molecule has 0 saturated carbocycles. The van der Waals surface area contributed by atoms with Crippen molar-refractivity contribution in [2.75, 3.05) is 0 Å². The standard InChI is InChI=1S/C15H13ClF3N/c16-13-8-6-11(7-9-13)10-20-14(15(17,18)19)12-4-2-1-3-5-12/h1-9,14,20H,10H2. The molecule has 0 bridgehead atoms. The number of hydrogen-bond donors (Lipinski definition) is 1. The van der Waals surface area contributed by atoms with E-state index in [1.807, 2.05) is 0 Å². The summed E-state index contributed by atoms with van der Waals surface area (Å²) in [4.78, 5) is 0. The zero-order valence-electron chi connectivity index (χ0n) is 10.5. The third-order valence-corrected chi connectivity index (χ3v) is 3.14. The van der Waals surface area contributed by atoms with Crippen LogP contribution in [-0.2, 0) is 6.54 Å². The van der Waals surface area contributed by atoms with Gasteiger partial charge in [0.2, 0.25) is 0 Å². The van der Waals surface area contributed by atoms with Crippen molar-refractivity contribution in [1.82, 2.24) is 5.32 Å². The first kappa shape index (κ1) is 14.9.